The maximum absolute atomic E-state index is 13.1. The van der Waals surface area contributed by atoms with Gasteiger partial charge < -0.3 is 10.3 Å². The summed E-state index contributed by atoms with van der Waals surface area (Å²) in [5.41, 5.74) is 0.941. The zero-order valence-corrected chi connectivity index (χ0v) is 10.6. The van der Waals surface area contributed by atoms with Crippen molar-refractivity contribution < 1.29 is 18.0 Å². The van der Waals surface area contributed by atoms with Gasteiger partial charge in [-0.2, -0.15) is 0 Å². The summed E-state index contributed by atoms with van der Waals surface area (Å²) in [4.78, 5) is 15.0. The molecular formula is C15H9F3N2O. The Balaban J connectivity index is 1.93. The summed E-state index contributed by atoms with van der Waals surface area (Å²) in [7, 11) is 0. The number of carbonyl (C=O) groups is 1. The van der Waals surface area contributed by atoms with E-state index in [9.17, 15) is 18.0 Å². The number of aromatic amines is 1. The number of hydrogen-bond donors (Lipinski definition) is 2. The van der Waals surface area contributed by atoms with E-state index in [0.29, 0.717) is 10.9 Å². The van der Waals surface area contributed by atoms with Crippen molar-refractivity contribution in [2.75, 3.05) is 5.32 Å². The van der Waals surface area contributed by atoms with Crippen molar-refractivity contribution in [3.8, 4) is 0 Å². The molecule has 0 spiro atoms. The number of hydrogen-bond acceptors (Lipinski definition) is 1. The molecule has 21 heavy (non-hydrogen) atoms. The Kier molecular flexibility index (Phi) is 3.13. The lowest BCUT2D eigenvalue weighted by atomic mass is 10.1. The molecule has 6 heteroatoms. The normalized spacial score (nSPS) is 10.8. The predicted octanol–water partition coefficient (Wildman–Crippen LogP) is 3.84. The van der Waals surface area contributed by atoms with Gasteiger partial charge in [-0.15, -0.1) is 0 Å². The second kappa shape index (κ2) is 4.97. The van der Waals surface area contributed by atoms with Gasteiger partial charge in [0.05, 0.1) is 5.56 Å². The number of aromatic nitrogens is 1. The largest absolute Gasteiger partial charge is 0.360 e. The van der Waals surface area contributed by atoms with Crippen molar-refractivity contribution in [1.29, 1.82) is 0 Å². The molecule has 0 radical (unpaired) electrons. The maximum atomic E-state index is 13.1. The maximum Gasteiger partial charge on any atom is 0.257 e. The molecule has 0 aliphatic rings. The molecule has 0 unspecified atom stereocenters. The molecule has 1 heterocycles. The van der Waals surface area contributed by atoms with Gasteiger partial charge in [0.1, 0.15) is 0 Å². The van der Waals surface area contributed by atoms with Gasteiger partial charge in [0.25, 0.3) is 5.91 Å². The van der Waals surface area contributed by atoms with Crippen LogP contribution in [0, 0.1) is 17.5 Å². The molecule has 0 saturated carbocycles. The van der Waals surface area contributed by atoms with Crippen LogP contribution in [0.5, 0.6) is 0 Å². The van der Waals surface area contributed by atoms with E-state index in [-0.39, 0.29) is 5.69 Å². The molecule has 3 nitrogen and oxygen atoms in total. The standard InChI is InChI=1S/C15H9F3N2O/c16-11-5-8(6-12(17)14(11)18)20-15(21)10-7-19-13-4-2-1-3-9(10)13/h1-7,19H,(H,20,21). The zero-order chi connectivity index (χ0) is 15.0. The van der Waals surface area contributed by atoms with Crippen LogP contribution >= 0.6 is 0 Å². The molecule has 1 aromatic heterocycles. The van der Waals surface area contributed by atoms with Gasteiger partial charge in [-0.05, 0) is 6.07 Å². The summed E-state index contributed by atoms with van der Waals surface area (Å²) < 4.78 is 39.1. The lowest BCUT2D eigenvalue weighted by molar-refractivity contribution is 0.102. The van der Waals surface area contributed by atoms with Crippen LogP contribution in [0.25, 0.3) is 10.9 Å². The van der Waals surface area contributed by atoms with Crippen molar-refractivity contribution in [3.63, 3.8) is 0 Å². The van der Waals surface area contributed by atoms with Crippen LogP contribution in [0.4, 0.5) is 18.9 Å². The van der Waals surface area contributed by atoms with Crippen molar-refractivity contribution in [2.45, 2.75) is 0 Å². The van der Waals surface area contributed by atoms with Crippen LogP contribution in [0.1, 0.15) is 10.4 Å². The number of anilines is 1. The van der Waals surface area contributed by atoms with E-state index in [0.717, 1.165) is 17.6 Å². The highest BCUT2D eigenvalue weighted by Gasteiger charge is 2.15. The smallest absolute Gasteiger partial charge is 0.257 e. The van der Waals surface area contributed by atoms with E-state index in [2.05, 4.69) is 10.3 Å². The van der Waals surface area contributed by atoms with Gasteiger partial charge in [0.2, 0.25) is 0 Å². The van der Waals surface area contributed by atoms with Crippen molar-refractivity contribution in [3.05, 3.63) is 65.6 Å². The first kappa shape index (κ1) is 13.2. The summed E-state index contributed by atoms with van der Waals surface area (Å²) in [6, 6.07) is 8.57. The fraction of sp³-hybridized carbons (Fsp3) is 0. The molecule has 1 amide bonds. The van der Waals surface area contributed by atoms with Crippen LogP contribution in [-0.2, 0) is 0 Å². The van der Waals surface area contributed by atoms with Gasteiger partial charge >= 0.3 is 0 Å². The van der Waals surface area contributed by atoms with Gasteiger partial charge in [-0.1, -0.05) is 18.2 Å². The number of nitrogens with one attached hydrogen (secondary N) is 2. The van der Waals surface area contributed by atoms with Crippen molar-refractivity contribution in [2.24, 2.45) is 0 Å². The molecular weight excluding hydrogens is 281 g/mol. The highest BCUT2D eigenvalue weighted by molar-refractivity contribution is 6.12. The molecule has 2 aromatic carbocycles. The predicted molar refractivity (Wildman–Crippen MR) is 72.6 cm³/mol. The number of fused-ring (bicyclic) bond motifs is 1. The molecule has 3 aromatic rings. The number of halogens is 3. The number of carbonyl (C=O) groups excluding carboxylic acids is 1. The van der Waals surface area contributed by atoms with Gasteiger partial charge in [-0.3, -0.25) is 4.79 Å². The molecule has 0 bridgehead atoms. The van der Waals surface area contributed by atoms with Crippen LogP contribution in [-0.4, -0.2) is 10.9 Å². The third-order valence-electron chi connectivity index (χ3n) is 3.08. The van der Waals surface area contributed by atoms with E-state index in [4.69, 9.17) is 0 Å². The fourth-order valence-corrected chi connectivity index (χ4v) is 2.09. The first-order valence-electron chi connectivity index (χ1n) is 6.08. The van der Waals surface area contributed by atoms with Gasteiger partial charge in [-0.25, -0.2) is 13.2 Å². The second-order valence-electron chi connectivity index (χ2n) is 4.46. The number of benzene rings is 2. The van der Waals surface area contributed by atoms with E-state index >= 15 is 0 Å². The Hall–Kier alpha value is -2.76. The first-order chi connectivity index (χ1) is 10.1. The van der Waals surface area contributed by atoms with E-state index in [1.165, 1.54) is 6.20 Å². The summed E-state index contributed by atoms with van der Waals surface area (Å²) in [5, 5.41) is 3.02. The Bertz CT molecular complexity index is 819. The Morgan fingerprint density at radius 2 is 1.71 bits per heavy atom. The highest BCUT2D eigenvalue weighted by Crippen LogP contribution is 2.21. The molecule has 0 saturated heterocycles. The topological polar surface area (TPSA) is 44.9 Å². The van der Waals surface area contributed by atoms with Crippen LogP contribution in [0.3, 0.4) is 0 Å². The third kappa shape index (κ3) is 2.35. The number of H-pyrrole nitrogens is 1. The summed E-state index contributed by atoms with van der Waals surface area (Å²) in [5.74, 6) is -4.83. The van der Waals surface area contributed by atoms with E-state index in [1.807, 2.05) is 6.07 Å². The molecule has 0 atom stereocenters. The molecule has 0 aliphatic heterocycles. The van der Waals surface area contributed by atoms with E-state index in [1.54, 1.807) is 18.2 Å². The number of para-hydroxylation sites is 1. The average Bonchev–Trinajstić information content (AvgIpc) is 2.88. The monoisotopic (exact) mass is 290 g/mol. The molecule has 106 valence electrons. The van der Waals surface area contributed by atoms with Crippen LogP contribution < -0.4 is 5.32 Å². The zero-order valence-electron chi connectivity index (χ0n) is 10.6. The SMILES string of the molecule is O=C(Nc1cc(F)c(F)c(F)c1)c1c[nH]c2ccccc12. The molecule has 0 aliphatic carbocycles. The number of amides is 1. The quantitative estimate of drug-likeness (QED) is 0.692. The summed E-state index contributed by atoms with van der Waals surface area (Å²) in [6.45, 7) is 0. The lowest BCUT2D eigenvalue weighted by Crippen LogP contribution is -2.12. The fourth-order valence-electron chi connectivity index (χ4n) is 2.09. The molecule has 3 rings (SSSR count). The minimum absolute atomic E-state index is 0.151. The summed E-state index contributed by atoms with van der Waals surface area (Å²) in [6.07, 6.45) is 1.50. The van der Waals surface area contributed by atoms with Crippen molar-refractivity contribution in [1.82, 2.24) is 4.98 Å². The van der Waals surface area contributed by atoms with Gasteiger partial charge in [0.15, 0.2) is 17.5 Å². The van der Waals surface area contributed by atoms with Gasteiger partial charge in [0, 0.05) is 34.9 Å². The highest BCUT2D eigenvalue weighted by atomic mass is 19.2. The second-order valence-corrected chi connectivity index (χ2v) is 4.46. The minimum atomic E-state index is -1.57. The Morgan fingerprint density at radius 3 is 2.43 bits per heavy atom. The Morgan fingerprint density at radius 1 is 1.05 bits per heavy atom. The Labute approximate surface area is 117 Å². The third-order valence-corrected chi connectivity index (χ3v) is 3.08. The van der Waals surface area contributed by atoms with Crippen LogP contribution in [0.2, 0.25) is 0 Å². The average molecular weight is 290 g/mol. The van der Waals surface area contributed by atoms with Crippen molar-refractivity contribution >= 4 is 22.5 Å². The summed E-state index contributed by atoms with van der Waals surface area (Å²) >= 11 is 0. The first-order valence-corrected chi connectivity index (χ1v) is 6.08. The number of rotatable bonds is 2. The van der Waals surface area contributed by atoms with Crippen LogP contribution in [0.15, 0.2) is 42.6 Å². The van der Waals surface area contributed by atoms with E-state index < -0.39 is 23.4 Å². The minimum Gasteiger partial charge on any atom is -0.360 e. The molecule has 2 N–H and O–H groups in total. The molecule has 0 fully saturated rings. The lowest BCUT2D eigenvalue weighted by Gasteiger charge is -2.05.